The van der Waals surface area contributed by atoms with Crippen LogP contribution in [-0.2, 0) is 0 Å². The lowest BCUT2D eigenvalue weighted by molar-refractivity contribution is 0.176. The molecule has 0 heterocycles. The largest absolute Gasteiger partial charge is 0.387 e. The fourth-order valence-electron chi connectivity index (χ4n) is 1.11. The van der Waals surface area contributed by atoms with E-state index in [1.54, 1.807) is 12.1 Å². The van der Waals surface area contributed by atoms with Crippen molar-refractivity contribution in [3.05, 3.63) is 35.6 Å². The molecule has 2 N–H and O–H groups in total. The standard InChI is InChI=1S/C11H12FNO/c1-2-6-13-8-11(14)9-4-3-5-10(12)7-9/h1,3-5,7,11,13-14H,6,8H2. The minimum absolute atomic E-state index is 0.327. The number of benzene rings is 1. The summed E-state index contributed by atoms with van der Waals surface area (Å²) >= 11 is 0. The Morgan fingerprint density at radius 2 is 2.36 bits per heavy atom. The van der Waals surface area contributed by atoms with E-state index in [1.807, 2.05) is 0 Å². The Morgan fingerprint density at radius 1 is 1.57 bits per heavy atom. The third kappa shape index (κ3) is 3.17. The average molecular weight is 193 g/mol. The van der Waals surface area contributed by atoms with Gasteiger partial charge in [-0.15, -0.1) is 6.42 Å². The second-order valence-electron chi connectivity index (χ2n) is 2.91. The number of nitrogens with one attached hydrogen (secondary N) is 1. The average Bonchev–Trinajstić information content (AvgIpc) is 2.18. The Labute approximate surface area is 82.8 Å². The molecule has 0 aliphatic rings. The van der Waals surface area contributed by atoms with Gasteiger partial charge in [0.15, 0.2) is 0 Å². The van der Waals surface area contributed by atoms with E-state index < -0.39 is 6.10 Å². The second kappa shape index (κ2) is 5.38. The molecule has 74 valence electrons. The zero-order chi connectivity index (χ0) is 10.4. The molecule has 0 fully saturated rings. The molecule has 14 heavy (non-hydrogen) atoms. The number of hydrogen-bond donors (Lipinski definition) is 2. The first-order valence-corrected chi connectivity index (χ1v) is 4.31. The second-order valence-corrected chi connectivity index (χ2v) is 2.91. The molecule has 1 unspecified atom stereocenters. The molecule has 0 radical (unpaired) electrons. The Hall–Kier alpha value is -1.37. The molecule has 1 aromatic carbocycles. The van der Waals surface area contributed by atoms with E-state index in [0.29, 0.717) is 18.7 Å². The van der Waals surface area contributed by atoms with Crippen LogP contribution in [0.15, 0.2) is 24.3 Å². The Morgan fingerprint density at radius 3 is 3.00 bits per heavy atom. The van der Waals surface area contributed by atoms with Gasteiger partial charge in [-0.1, -0.05) is 18.1 Å². The molecule has 2 nitrogen and oxygen atoms in total. The van der Waals surface area contributed by atoms with Gasteiger partial charge in [-0.25, -0.2) is 4.39 Å². The first kappa shape index (κ1) is 10.7. The van der Waals surface area contributed by atoms with Crippen LogP contribution < -0.4 is 5.32 Å². The van der Waals surface area contributed by atoms with Crippen molar-refractivity contribution in [1.82, 2.24) is 5.32 Å². The summed E-state index contributed by atoms with van der Waals surface area (Å²) in [5, 5.41) is 12.4. The van der Waals surface area contributed by atoms with E-state index >= 15 is 0 Å². The molecule has 0 saturated heterocycles. The van der Waals surface area contributed by atoms with E-state index in [4.69, 9.17) is 6.42 Å². The normalized spacial score (nSPS) is 12.1. The monoisotopic (exact) mass is 193 g/mol. The highest BCUT2D eigenvalue weighted by molar-refractivity contribution is 5.18. The number of aliphatic hydroxyl groups is 1. The van der Waals surface area contributed by atoms with Gasteiger partial charge in [0, 0.05) is 6.54 Å². The van der Waals surface area contributed by atoms with Crippen LogP contribution in [0.25, 0.3) is 0 Å². The highest BCUT2D eigenvalue weighted by Gasteiger charge is 2.06. The molecule has 0 bridgehead atoms. The zero-order valence-corrected chi connectivity index (χ0v) is 7.70. The van der Waals surface area contributed by atoms with Gasteiger partial charge in [-0.05, 0) is 17.7 Å². The molecular weight excluding hydrogens is 181 g/mol. The van der Waals surface area contributed by atoms with Gasteiger partial charge in [0.25, 0.3) is 0 Å². The molecule has 0 aromatic heterocycles. The van der Waals surface area contributed by atoms with Crippen molar-refractivity contribution in [2.75, 3.05) is 13.1 Å². The lowest BCUT2D eigenvalue weighted by Gasteiger charge is -2.10. The number of aliphatic hydroxyl groups excluding tert-OH is 1. The smallest absolute Gasteiger partial charge is 0.123 e. The van der Waals surface area contributed by atoms with Crippen LogP contribution in [0.2, 0.25) is 0 Å². The number of terminal acetylenes is 1. The van der Waals surface area contributed by atoms with Crippen LogP contribution in [0.1, 0.15) is 11.7 Å². The van der Waals surface area contributed by atoms with Crippen molar-refractivity contribution >= 4 is 0 Å². The van der Waals surface area contributed by atoms with Gasteiger partial charge in [0.1, 0.15) is 5.82 Å². The van der Waals surface area contributed by atoms with Crippen LogP contribution in [-0.4, -0.2) is 18.2 Å². The number of halogens is 1. The zero-order valence-electron chi connectivity index (χ0n) is 7.70. The molecule has 0 saturated carbocycles. The topological polar surface area (TPSA) is 32.3 Å². The van der Waals surface area contributed by atoms with Crippen molar-refractivity contribution in [3.63, 3.8) is 0 Å². The summed E-state index contributed by atoms with van der Waals surface area (Å²) in [6.45, 7) is 0.722. The molecular formula is C11H12FNO. The van der Waals surface area contributed by atoms with Crippen molar-refractivity contribution in [1.29, 1.82) is 0 Å². The van der Waals surface area contributed by atoms with Gasteiger partial charge in [0.2, 0.25) is 0 Å². The molecule has 3 heteroatoms. The van der Waals surface area contributed by atoms with E-state index in [-0.39, 0.29) is 5.82 Å². The van der Waals surface area contributed by atoms with E-state index in [9.17, 15) is 9.50 Å². The van der Waals surface area contributed by atoms with Crippen molar-refractivity contribution in [3.8, 4) is 12.3 Å². The van der Waals surface area contributed by atoms with Crippen LogP contribution in [0.3, 0.4) is 0 Å². The highest BCUT2D eigenvalue weighted by atomic mass is 19.1. The Bertz CT molecular complexity index is 332. The van der Waals surface area contributed by atoms with E-state index in [0.717, 1.165) is 0 Å². The van der Waals surface area contributed by atoms with Gasteiger partial charge in [0.05, 0.1) is 12.6 Å². The molecule has 1 rings (SSSR count). The summed E-state index contributed by atoms with van der Waals surface area (Å²) in [4.78, 5) is 0. The van der Waals surface area contributed by atoms with Crippen LogP contribution >= 0.6 is 0 Å². The molecule has 0 aliphatic heterocycles. The summed E-state index contributed by atoms with van der Waals surface area (Å²) < 4.78 is 12.8. The molecule has 1 aromatic rings. The third-order valence-corrected chi connectivity index (χ3v) is 1.80. The summed E-state index contributed by atoms with van der Waals surface area (Å²) in [6, 6.07) is 5.88. The molecule has 0 spiro atoms. The summed E-state index contributed by atoms with van der Waals surface area (Å²) in [7, 11) is 0. The minimum atomic E-state index is -0.723. The fourth-order valence-corrected chi connectivity index (χ4v) is 1.11. The van der Waals surface area contributed by atoms with E-state index in [2.05, 4.69) is 11.2 Å². The first-order valence-electron chi connectivity index (χ1n) is 4.31. The van der Waals surface area contributed by atoms with Crippen LogP contribution in [0, 0.1) is 18.2 Å². The summed E-state index contributed by atoms with van der Waals surface area (Å²) in [5.41, 5.74) is 0.550. The van der Waals surface area contributed by atoms with Gasteiger partial charge >= 0.3 is 0 Å². The Balaban J connectivity index is 2.52. The van der Waals surface area contributed by atoms with Gasteiger partial charge < -0.3 is 10.4 Å². The van der Waals surface area contributed by atoms with Crippen molar-refractivity contribution in [2.24, 2.45) is 0 Å². The van der Waals surface area contributed by atoms with Crippen LogP contribution in [0.5, 0.6) is 0 Å². The van der Waals surface area contributed by atoms with Gasteiger partial charge in [-0.3, -0.25) is 0 Å². The maximum absolute atomic E-state index is 12.8. The third-order valence-electron chi connectivity index (χ3n) is 1.80. The SMILES string of the molecule is C#CCNCC(O)c1cccc(F)c1. The summed E-state index contributed by atoms with van der Waals surface area (Å²) in [6.07, 6.45) is 4.30. The molecule has 0 aliphatic carbocycles. The lowest BCUT2D eigenvalue weighted by atomic mass is 10.1. The lowest BCUT2D eigenvalue weighted by Crippen LogP contribution is -2.21. The summed E-state index contributed by atoms with van der Waals surface area (Å²) in [5.74, 6) is 2.04. The van der Waals surface area contributed by atoms with Crippen molar-refractivity contribution in [2.45, 2.75) is 6.10 Å². The predicted molar refractivity (Wildman–Crippen MR) is 53.1 cm³/mol. The quantitative estimate of drug-likeness (QED) is 0.554. The van der Waals surface area contributed by atoms with E-state index in [1.165, 1.54) is 12.1 Å². The maximum atomic E-state index is 12.8. The van der Waals surface area contributed by atoms with Crippen LogP contribution in [0.4, 0.5) is 4.39 Å². The fraction of sp³-hybridized carbons (Fsp3) is 0.273. The number of rotatable bonds is 4. The predicted octanol–water partition coefficient (Wildman–Crippen LogP) is 1.08. The minimum Gasteiger partial charge on any atom is -0.387 e. The maximum Gasteiger partial charge on any atom is 0.123 e. The highest BCUT2D eigenvalue weighted by Crippen LogP contribution is 2.12. The molecule has 1 atom stereocenters. The Kier molecular flexibility index (Phi) is 4.11. The van der Waals surface area contributed by atoms with Gasteiger partial charge in [-0.2, -0.15) is 0 Å². The first-order chi connectivity index (χ1) is 6.74. The molecule has 0 amide bonds. The number of hydrogen-bond acceptors (Lipinski definition) is 2. The van der Waals surface area contributed by atoms with Crippen molar-refractivity contribution < 1.29 is 9.50 Å².